The summed E-state index contributed by atoms with van der Waals surface area (Å²) >= 11 is 9.37. The van der Waals surface area contributed by atoms with Crippen LogP contribution in [0.2, 0.25) is 5.02 Å². The van der Waals surface area contributed by atoms with Crippen LogP contribution in [0.5, 0.6) is 5.75 Å². The van der Waals surface area contributed by atoms with Gasteiger partial charge in [-0.3, -0.25) is 9.52 Å². The molecule has 0 fully saturated rings. The number of ether oxygens (including phenoxy) is 1. The first-order valence-electron chi connectivity index (χ1n) is 7.67. The smallest absolute Gasteiger partial charge is 0.262 e. The van der Waals surface area contributed by atoms with Crippen molar-refractivity contribution in [2.45, 2.75) is 25.7 Å². The zero-order valence-electron chi connectivity index (χ0n) is 14.4. The van der Waals surface area contributed by atoms with E-state index in [9.17, 15) is 13.2 Å². The number of benzene rings is 2. The maximum atomic E-state index is 12.9. The average molecular weight is 462 g/mol. The normalized spacial score (nSPS) is 11.1. The van der Waals surface area contributed by atoms with Gasteiger partial charge in [0.1, 0.15) is 0 Å². The Balaban J connectivity index is 2.48. The summed E-state index contributed by atoms with van der Waals surface area (Å²) in [6.07, 6.45) is 0. The fourth-order valence-corrected chi connectivity index (χ4v) is 4.55. The molecule has 6 nitrogen and oxygen atoms in total. The van der Waals surface area contributed by atoms with Gasteiger partial charge in [-0.1, -0.05) is 17.7 Å². The Morgan fingerprint density at radius 2 is 1.96 bits per heavy atom. The van der Waals surface area contributed by atoms with Gasteiger partial charge in [0, 0.05) is 17.6 Å². The van der Waals surface area contributed by atoms with E-state index in [1.165, 1.54) is 19.1 Å². The van der Waals surface area contributed by atoms with Crippen molar-refractivity contribution in [3.63, 3.8) is 0 Å². The molecule has 2 aromatic rings. The highest BCUT2D eigenvalue weighted by Crippen LogP contribution is 2.38. The van der Waals surface area contributed by atoms with Crippen LogP contribution in [0, 0.1) is 6.92 Å². The monoisotopic (exact) mass is 460 g/mol. The molecule has 0 saturated heterocycles. The molecule has 0 aliphatic carbocycles. The molecule has 140 valence electrons. The summed E-state index contributed by atoms with van der Waals surface area (Å²) < 4.78 is 34.4. The summed E-state index contributed by atoms with van der Waals surface area (Å²) in [5, 5.41) is 2.92. The van der Waals surface area contributed by atoms with Gasteiger partial charge >= 0.3 is 0 Å². The number of aryl methyl sites for hydroxylation is 1. The van der Waals surface area contributed by atoms with Crippen LogP contribution in [0.3, 0.4) is 0 Å². The quantitative estimate of drug-likeness (QED) is 0.660. The molecule has 0 aliphatic heterocycles. The Hall–Kier alpha value is -1.77. The maximum absolute atomic E-state index is 12.9. The van der Waals surface area contributed by atoms with Crippen LogP contribution in [0.15, 0.2) is 39.7 Å². The minimum atomic E-state index is -3.94. The molecule has 1 amide bonds. The number of halogens is 2. The van der Waals surface area contributed by atoms with Gasteiger partial charge in [0.2, 0.25) is 5.91 Å². The van der Waals surface area contributed by atoms with Crippen molar-refractivity contribution in [2.24, 2.45) is 0 Å². The van der Waals surface area contributed by atoms with Crippen molar-refractivity contribution in [3.05, 3.63) is 45.4 Å². The summed E-state index contributed by atoms with van der Waals surface area (Å²) in [7, 11) is -3.94. The highest BCUT2D eigenvalue weighted by Gasteiger charge is 2.21. The molecule has 26 heavy (non-hydrogen) atoms. The van der Waals surface area contributed by atoms with Gasteiger partial charge < -0.3 is 10.1 Å². The number of hydrogen-bond acceptors (Lipinski definition) is 4. The molecule has 0 saturated carbocycles. The maximum Gasteiger partial charge on any atom is 0.262 e. The Morgan fingerprint density at radius 1 is 1.27 bits per heavy atom. The van der Waals surface area contributed by atoms with Crippen LogP contribution in [0.1, 0.15) is 19.4 Å². The highest BCUT2D eigenvalue weighted by atomic mass is 79.9. The molecule has 2 aromatic carbocycles. The van der Waals surface area contributed by atoms with Crippen molar-refractivity contribution >= 4 is 54.8 Å². The van der Waals surface area contributed by atoms with E-state index >= 15 is 0 Å². The summed E-state index contributed by atoms with van der Waals surface area (Å²) in [5.74, 6) is 0.0544. The molecule has 2 rings (SSSR count). The molecule has 0 heterocycles. The standard InChI is InChI=1S/C17H18BrClN2O4S/c1-4-25-17-14(18)7-12(19)8-15(17)21-26(23,24)16-9-13(20-11(3)22)6-5-10(16)2/h5-9,21H,4H2,1-3H3,(H,20,22). The summed E-state index contributed by atoms with van der Waals surface area (Å²) in [4.78, 5) is 11.3. The lowest BCUT2D eigenvalue weighted by molar-refractivity contribution is -0.114. The molecular formula is C17H18BrClN2O4S. The van der Waals surface area contributed by atoms with E-state index in [4.69, 9.17) is 16.3 Å². The van der Waals surface area contributed by atoms with Crippen molar-refractivity contribution in [3.8, 4) is 5.75 Å². The Labute approximate surface area is 166 Å². The number of amides is 1. The van der Waals surface area contributed by atoms with Gasteiger partial charge in [0.25, 0.3) is 10.0 Å². The van der Waals surface area contributed by atoms with E-state index < -0.39 is 10.0 Å². The van der Waals surface area contributed by atoms with Gasteiger partial charge in [0.15, 0.2) is 5.75 Å². The third-order valence-electron chi connectivity index (χ3n) is 3.34. The lowest BCUT2D eigenvalue weighted by atomic mass is 10.2. The molecule has 0 spiro atoms. The van der Waals surface area contributed by atoms with Crippen LogP contribution < -0.4 is 14.8 Å². The van der Waals surface area contributed by atoms with Crippen molar-refractivity contribution in [2.75, 3.05) is 16.6 Å². The molecule has 0 aromatic heterocycles. The van der Waals surface area contributed by atoms with Crippen LogP contribution in [-0.2, 0) is 14.8 Å². The number of carbonyl (C=O) groups is 1. The number of rotatable bonds is 6. The fourth-order valence-electron chi connectivity index (χ4n) is 2.30. The number of carbonyl (C=O) groups excluding carboxylic acids is 1. The van der Waals surface area contributed by atoms with Gasteiger partial charge in [-0.15, -0.1) is 0 Å². The van der Waals surface area contributed by atoms with Crippen molar-refractivity contribution in [1.29, 1.82) is 0 Å². The Bertz CT molecular complexity index is 948. The van der Waals surface area contributed by atoms with Crippen LogP contribution in [-0.4, -0.2) is 20.9 Å². The molecule has 0 radical (unpaired) electrons. The van der Waals surface area contributed by atoms with Crippen LogP contribution in [0.4, 0.5) is 11.4 Å². The van der Waals surface area contributed by atoms with Crippen LogP contribution in [0.25, 0.3) is 0 Å². The molecule has 9 heteroatoms. The largest absolute Gasteiger partial charge is 0.490 e. The third-order valence-corrected chi connectivity index (χ3v) is 5.65. The van der Waals surface area contributed by atoms with E-state index in [-0.39, 0.29) is 16.5 Å². The van der Waals surface area contributed by atoms with E-state index in [0.29, 0.717) is 33.1 Å². The van der Waals surface area contributed by atoms with E-state index in [0.717, 1.165) is 0 Å². The van der Waals surface area contributed by atoms with Crippen molar-refractivity contribution < 1.29 is 17.9 Å². The predicted octanol–water partition coefficient (Wildman–Crippen LogP) is 4.57. The topological polar surface area (TPSA) is 84.5 Å². The zero-order chi connectivity index (χ0) is 19.5. The first-order valence-corrected chi connectivity index (χ1v) is 10.3. The Kier molecular flexibility index (Phi) is 6.54. The first-order chi connectivity index (χ1) is 12.1. The number of anilines is 2. The van der Waals surface area contributed by atoms with Crippen LogP contribution >= 0.6 is 27.5 Å². The zero-order valence-corrected chi connectivity index (χ0v) is 17.5. The average Bonchev–Trinajstić information content (AvgIpc) is 2.51. The lowest BCUT2D eigenvalue weighted by Gasteiger charge is -2.16. The number of hydrogen-bond donors (Lipinski definition) is 2. The SMILES string of the molecule is CCOc1c(Br)cc(Cl)cc1NS(=O)(=O)c1cc(NC(C)=O)ccc1C. The molecule has 2 N–H and O–H groups in total. The van der Waals surface area contributed by atoms with Gasteiger partial charge in [0.05, 0.1) is 21.7 Å². The van der Waals surface area contributed by atoms with Gasteiger partial charge in [-0.05, 0) is 59.6 Å². The molecule has 0 atom stereocenters. The minimum Gasteiger partial charge on any atom is -0.490 e. The second-order valence-electron chi connectivity index (χ2n) is 5.46. The highest BCUT2D eigenvalue weighted by molar-refractivity contribution is 9.10. The molecule has 0 aliphatic rings. The summed E-state index contributed by atoms with van der Waals surface area (Å²) in [6, 6.07) is 7.75. The lowest BCUT2D eigenvalue weighted by Crippen LogP contribution is -2.16. The summed E-state index contributed by atoms with van der Waals surface area (Å²) in [6.45, 7) is 5.17. The fraction of sp³-hybridized carbons (Fsp3) is 0.235. The molecular weight excluding hydrogens is 444 g/mol. The van der Waals surface area contributed by atoms with E-state index in [1.807, 2.05) is 0 Å². The van der Waals surface area contributed by atoms with Gasteiger partial charge in [-0.2, -0.15) is 0 Å². The van der Waals surface area contributed by atoms with E-state index in [1.54, 1.807) is 32.0 Å². The van der Waals surface area contributed by atoms with Gasteiger partial charge in [-0.25, -0.2) is 8.42 Å². The number of nitrogens with one attached hydrogen (secondary N) is 2. The summed E-state index contributed by atoms with van der Waals surface area (Å²) in [5.41, 5.74) is 1.14. The molecule has 0 unspecified atom stereocenters. The van der Waals surface area contributed by atoms with E-state index in [2.05, 4.69) is 26.0 Å². The predicted molar refractivity (Wildman–Crippen MR) is 107 cm³/mol. The first kappa shape index (κ1) is 20.5. The second-order valence-corrected chi connectivity index (χ2v) is 8.41. The number of sulfonamides is 1. The second kappa shape index (κ2) is 8.28. The third kappa shape index (κ3) is 4.90. The van der Waals surface area contributed by atoms with Crippen molar-refractivity contribution in [1.82, 2.24) is 0 Å². The Morgan fingerprint density at radius 3 is 2.58 bits per heavy atom. The molecule has 0 bridgehead atoms. The minimum absolute atomic E-state index is 0.0438.